The maximum atomic E-state index is 12.8. The van der Waals surface area contributed by atoms with Crippen molar-refractivity contribution in [3.63, 3.8) is 0 Å². The number of amides is 1. The number of carbonyl (C=O) groups excluding carboxylic acids is 1. The molecule has 1 saturated heterocycles. The van der Waals surface area contributed by atoms with Crippen LogP contribution in [0.5, 0.6) is 0 Å². The zero-order valence-corrected chi connectivity index (χ0v) is 19.3. The average molecular weight is 458 g/mol. The molecule has 0 unspecified atom stereocenters. The van der Waals surface area contributed by atoms with Crippen molar-refractivity contribution < 1.29 is 13.2 Å². The Morgan fingerprint density at radius 2 is 1.77 bits per heavy atom. The van der Waals surface area contributed by atoms with Gasteiger partial charge in [0.25, 0.3) is 0 Å². The first-order chi connectivity index (χ1) is 15.0. The van der Waals surface area contributed by atoms with Crippen LogP contribution >= 0.6 is 11.3 Å². The van der Waals surface area contributed by atoms with E-state index in [0.717, 1.165) is 40.2 Å². The zero-order chi connectivity index (χ0) is 21.8. The molecule has 2 heterocycles. The summed E-state index contributed by atoms with van der Waals surface area (Å²) in [6, 6.07) is 14.8. The Morgan fingerprint density at radius 1 is 1.06 bits per heavy atom. The lowest BCUT2D eigenvalue weighted by Crippen LogP contribution is -2.35. The largest absolute Gasteiger partial charge is 0.288 e. The Morgan fingerprint density at radius 3 is 2.45 bits per heavy atom. The van der Waals surface area contributed by atoms with Crippen molar-refractivity contribution in [1.29, 1.82) is 0 Å². The minimum absolute atomic E-state index is 0.0200. The van der Waals surface area contributed by atoms with Crippen LogP contribution in [0.15, 0.2) is 53.4 Å². The van der Waals surface area contributed by atoms with Crippen LogP contribution in [-0.2, 0) is 21.2 Å². The lowest BCUT2D eigenvalue weighted by atomic mass is 10.1. The summed E-state index contributed by atoms with van der Waals surface area (Å²) in [5.41, 5.74) is 1.85. The van der Waals surface area contributed by atoms with Crippen LogP contribution in [0.2, 0.25) is 0 Å². The van der Waals surface area contributed by atoms with Gasteiger partial charge in [0, 0.05) is 26.1 Å². The molecule has 31 heavy (non-hydrogen) atoms. The summed E-state index contributed by atoms with van der Waals surface area (Å²) in [6.45, 7) is 3.70. The minimum atomic E-state index is -3.43. The second-order valence-electron chi connectivity index (χ2n) is 7.71. The predicted molar refractivity (Wildman–Crippen MR) is 125 cm³/mol. The van der Waals surface area contributed by atoms with E-state index in [2.05, 4.69) is 4.98 Å². The van der Waals surface area contributed by atoms with E-state index < -0.39 is 10.0 Å². The Kier molecular flexibility index (Phi) is 6.69. The maximum Gasteiger partial charge on any atom is 0.243 e. The number of hydrogen-bond acceptors (Lipinski definition) is 5. The van der Waals surface area contributed by atoms with Crippen LogP contribution in [0.4, 0.5) is 5.13 Å². The van der Waals surface area contributed by atoms with E-state index in [4.69, 9.17) is 0 Å². The SMILES string of the molecule is CCN(C(=O)CCc1ccc(S(=O)(=O)N2CCCCC2)cc1)c1nc2ccccc2s1. The molecule has 1 fully saturated rings. The first kappa shape index (κ1) is 21.9. The summed E-state index contributed by atoms with van der Waals surface area (Å²) >= 11 is 1.52. The Balaban J connectivity index is 1.40. The summed E-state index contributed by atoms with van der Waals surface area (Å²) in [5.74, 6) is 0.0200. The Bertz CT molecular complexity index is 1120. The van der Waals surface area contributed by atoms with Gasteiger partial charge in [0.1, 0.15) is 0 Å². The number of sulfonamides is 1. The topological polar surface area (TPSA) is 70.6 Å². The standard InChI is InChI=1S/C23H27N3O3S2/c1-2-26(23-24-20-8-4-5-9-21(20)30-23)22(27)15-12-18-10-13-19(14-11-18)31(28,29)25-16-6-3-7-17-25/h4-5,8-11,13-14H,2-3,6-7,12,15-17H2,1H3. The molecule has 1 aliphatic heterocycles. The number of fused-ring (bicyclic) bond motifs is 1. The first-order valence-corrected chi connectivity index (χ1v) is 13.0. The molecule has 1 amide bonds. The first-order valence-electron chi connectivity index (χ1n) is 10.7. The third-order valence-electron chi connectivity index (χ3n) is 5.63. The number of carbonyl (C=O) groups is 1. The fourth-order valence-electron chi connectivity index (χ4n) is 3.86. The molecule has 6 nitrogen and oxygen atoms in total. The monoisotopic (exact) mass is 457 g/mol. The van der Waals surface area contributed by atoms with Gasteiger partial charge in [0.15, 0.2) is 5.13 Å². The molecule has 0 aliphatic carbocycles. The van der Waals surface area contributed by atoms with Gasteiger partial charge in [0.2, 0.25) is 15.9 Å². The van der Waals surface area contributed by atoms with E-state index in [9.17, 15) is 13.2 Å². The Labute approximate surface area is 187 Å². The van der Waals surface area contributed by atoms with Crippen molar-refractivity contribution in [2.45, 2.75) is 43.9 Å². The van der Waals surface area contributed by atoms with Crippen molar-refractivity contribution in [3.8, 4) is 0 Å². The molecule has 0 bridgehead atoms. The molecule has 1 aromatic heterocycles. The van der Waals surface area contributed by atoms with Gasteiger partial charge in [-0.2, -0.15) is 4.31 Å². The smallest absolute Gasteiger partial charge is 0.243 e. The summed E-state index contributed by atoms with van der Waals surface area (Å²) in [7, 11) is -3.43. The molecule has 4 rings (SSSR count). The van der Waals surface area contributed by atoms with Gasteiger partial charge in [-0.25, -0.2) is 13.4 Å². The zero-order valence-electron chi connectivity index (χ0n) is 17.7. The van der Waals surface area contributed by atoms with Crippen LogP contribution in [-0.4, -0.2) is 43.2 Å². The van der Waals surface area contributed by atoms with Gasteiger partial charge in [-0.1, -0.05) is 42.0 Å². The van der Waals surface area contributed by atoms with Gasteiger partial charge < -0.3 is 0 Å². The van der Waals surface area contributed by atoms with Crippen LogP contribution in [0, 0.1) is 0 Å². The number of rotatable bonds is 7. The number of aryl methyl sites for hydroxylation is 1. The quantitative estimate of drug-likeness (QED) is 0.525. The third-order valence-corrected chi connectivity index (χ3v) is 8.61. The van der Waals surface area contributed by atoms with E-state index in [1.807, 2.05) is 43.3 Å². The van der Waals surface area contributed by atoms with Gasteiger partial charge in [-0.05, 0) is 56.0 Å². The second-order valence-corrected chi connectivity index (χ2v) is 10.7. The highest BCUT2D eigenvalue weighted by Crippen LogP contribution is 2.29. The van der Waals surface area contributed by atoms with Crippen LogP contribution < -0.4 is 4.90 Å². The normalized spacial score (nSPS) is 15.3. The number of thiazole rings is 1. The van der Waals surface area contributed by atoms with E-state index in [1.165, 1.54) is 11.3 Å². The van der Waals surface area contributed by atoms with Crippen molar-refractivity contribution >= 4 is 42.6 Å². The number of benzene rings is 2. The van der Waals surface area contributed by atoms with E-state index in [1.54, 1.807) is 21.3 Å². The number of para-hydroxylation sites is 1. The van der Waals surface area contributed by atoms with Crippen molar-refractivity contribution in [1.82, 2.24) is 9.29 Å². The lowest BCUT2D eigenvalue weighted by molar-refractivity contribution is -0.118. The molecular weight excluding hydrogens is 430 g/mol. The van der Waals surface area contributed by atoms with E-state index >= 15 is 0 Å². The van der Waals surface area contributed by atoms with Crippen LogP contribution in [0.25, 0.3) is 10.2 Å². The molecule has 1 aliphatic rings. The van der Waals surface area contributed by atoms with Crippen LogP contribution in [0.3, 0.4) is 0 Å². The van der Waals surface area contributed by atoms with Gasteiger partial charge in [-0.3, -0.25) is 9.69 Å². The molecule has 2 aromatic carbocycles. The Hall–Kier alpha value is -2.29. The molecule has 0 radical (unpaired) electrons. The fourth-order valence-corrected chi connectivity index (χ4v) is 6.43. The predicted octanol–water partition coefficient (Wildman–Crippen LogP) is 4.46. The highest BCUT2D eigenvalue weighted by atomic mass is 32.2. The van der Waals surface area contributed by atoms with Crippen molar-refractivity contribution in [3.05, 3.63) is 54.1 Å². The summed E-state index contributed by atoms with van der Waals surface area (Å²) < 4.78 is 28.2. The number of piperidine rings is 1. The highest BCUT2D eigenvalue weighted by molar-refractivity contribution is 7.89. The molecule has 0 spiro atoms. The summed E-state index contributed by atoms with van der Waals surface area (Å²) in [6.07, 6.45) is 3.83. The summed E-state index contributed by atoms with van der Waals surface area (Å²) in [4.78, 5) is 19.5. The average Bonchev–Trinajstić information content (AvgIpc) is 3.23. The van der Waals surface area contributed by atoms with Gasteiger partial charge in [0.05, 0.1) is 15.1 Å². The van der Waals surface area contributed by atoms with Gasteiger partial charge >= 0.3 is 0 Å². The van der Waals surface area contributed by atoms with Crippen molar-refractivity contribution in [2.75, 3.05) is 24.5 Å². The molecule has 3 aromatic rings. The molecular formula is C23H27N3O3S2. The van der Waals surface area contributed by atoms with Gasteiger partial charge in [-0.15, -0.1) is 0 Å². The van der Waals surface area contributed by atoms with E-state index in [-0.39, 0.29) is 5.91 Å². The van der Waals surface area contributed by atoms with Crippen molar-refractivity contribution in [2.24, 2.45) is 0 Å². The van der Waals surface area contributed by atoms with E-state index in [0.29, 0.717) is 37.4 Å². The number of nitrogens with zero attached hydrogens (tertiary/aromatic N) is 3. The molecule has 164 valence electrons. The second kappa shape index (κ2) is 9.46. The number of hydrogen-bond donors (Lipinski definition) is 0. The molecule has 0 N–H and O–H groups in total. The number of anilines is 1. The number of aromatic nitrogens is 1. The molecule has 0 saturated carbocycles. The minimum Gasteiger partial charge on any atom is -0.288 e. The lowest BCUT2D eigenvalue weighted by Gasteiger charge is -2.25. The summed E-state index contributed by atoms with van der Waals surface area (Å²) in [5, 5.41) is 0.719. The fraction of sp³-hybridized carbons (Fsp3) is 0.391. The molecule has 8 heteroatoms. The molecule has 0 atom stereocenters. The third kappa shape index (κ3) is 4.81. The highest BCUT2D eigenvalue weighted by Gasteiger charge is 2.25. The van der Waals surface area contributed by atoms with Crippen LogP contribution in [0.1, 0.15) is 38.2 Å². The maximum absolute atomic E-state index is 12.8.